The molecule has 0 amide bonds. The molecular weight excluding hydrogens is 250 g/mol. The molecule has 2 fully saturated rings. The predicted octanol–water partition coefficient (Wildman–Crippen LogP) is 0.775. The lowest BCUT2D eigenvalue weighted by Crippen LogP contribution is -2.55. The highest BCUT2D eigenvalue weighted by Gasteiger charge is 2.37. The second-order valence-electron chi connectivity index (χ2n) is 5.88. The molecule has 0 aromatic carbocycles. The van der Waals surface area contributed by atoms with Crippen LogP contribution in [-0.4, -0.2) is 48.7 Å². The highest BCUT2D eigenvalue weighted by Crippen LogP contribution is 2.25. The number of nitrogens with two attached hydrogens (primary N) is 1. The summed E-state index contributed by atoms with van der Waals surface area (Å²) in [6, 6.07) is 0.0980. The number of rotatable bonds is 2. The van der Waals surface area contributed by atoms with Gasteiger partial charge in [0.25, 0.3) is 10.2 Å². The molecule has 0 radical (unpaired) electrons. The fourth-order valence-electron chi connectivity index (χ4n) is 3.10. The summed E-state index contributed by atoms with van der Waals surface area (Å²) in [4.78, 5) is 0. The summed E-state index contributed by atoms with van der Waals surface area (Å²) in [6.07, 6.45) is 3.98. The summed E-state index contributed by atoms with van der Waals surface area (Å²) in [7, 11) is -3.31. The van der Waals surface area contributed by atoms with E-state index in [1.807, 2.05) is 6.92 Å². The van der Waals surface area contributed by atoms with Crippen molar-refractivity contribution in [3.05, 3.63) is 0 Å². The molecule has 2 aliphatic rings. The second-order valence-corrected chi connectivity index (χ2v) is 7.76. The molecule has 18 heavy (non-hydrogen) atoms. The number of nitrogens with zero attached hydrogens (tertiary/aromatic N) is 2. The van der Waals surface area contributed by atoms with Crippen molar-refractivity contribution in [1.82, 2.24) is 8.61 Å². The van der Waals surface area contributed by atoms with E-state index in [1.54, 1.807) is 8.61 Å². The Labute approximate surface area is 110 Å². The van der Waals surface area contributed by atoms with E-state index < -0.39 is 10.2 Å². The van der Waals surface area contributed by atoms with Crippen LogP contribution in [-0.2, 0) is 10.2 Å². The van der Waals surface area contributed by atoms with Gasteiger partial charge in [-0.3, -0.25) is 0 Å². The van der Waals surface area contributed by atoms with E-state index in [-0.39, 0.29) is 12.1 Å². The zero-order valence-corrected chi connectivity index (χ0v) is 12.2. The SMILES string of the molecule is CC1CC(N)CN(S(=O)(=O)N2CCCCC2C)C1. The summed E-state index contributed by atoms with van der Waals surface area (Å²) in [5.74, 6) is 0.351. The van der Waals surface area contributed by atoms with E-state index in [0.717, 1.165) is 25.7 Å². The zero-order valence-electron chi connectivity index (χ0n) is 11.4. The fraction of sp³-hybridized carbons (Fsp3) is 1.00. The van der Waals surface area contributed by atoms with Gasteiger partial charge in [0.05, 0.1) is 0 Å². The van der Waals surface area contributed by atoms with Crippen LogP contribution in [0.5, 0.6) is 0 Å². The van der Waals surface area contributed by atoms with Crippen LogP contribution in [0, 0.1) is 5.92 Å². The van der Waals surface area contributed by atoms with Crippen molar-refractivity contribution in [1.29, 1.82) is 0 Å². The van der Waals surface area contributed by atoms with Crippen LogP contribution in [0.4, 0.5) is 0 Å². The normalized spacial score (nSPS) is 36.7. The Hall–Kier alpha value is -0.170. The van der Waals surface area contributed by atoms with Gasteiger partial charge >= 0.3 is 0 Å². The highest BCUT2D eigenvalue weighted by molar-refractivity contribution is 7.86. The van der Waals surface area contributed by atoms with Gasteiger partial charge in [0, 0.05) is 31.7 Å². The molecule has 6 heteroatoms. The van der Waals surface area contributed by atoms with Gasteiger partial charge in [-0.2, -0.15) is 17.0 Å². The molecule has 2 saturated heterocycles. The van der Waals surface area contributed by atoms with Crippen LogP contribution in [0.1, 0.15) is 39.5 Å². The molecule has 5 nitrogen and oxygen atoms in total. The fourth-order valence-corrected chi connectivity index (χ4v) is 5.14. The van der Waals surface area contributed by atoms with Crippen molar-refractivity contribution in [3.8, 4) is 0 Å². The summed E-state index contributed by atoms with van der Waals surface area (Å²) in [6.45, 7) is 5.81. The molecule has 3 unspecified atom stereocenters. The van der Waals surface area contributed by atoms with Crippen LogP contribution >= 0.6 is 0 Å². The first-order valence-electron chi connectivity index (χ1n) is 6.93. The molecule has 2 rings (SSSR count). The van der Waals surface area contributed by atoms with E-state index in [0.29, 0.717) is 25.6 Å². The van der Waals surface area contributed by atoms with E-state index >= 15 is 0 Å². The van der Waals surface area contributed by atoms with Gasteiger partial charge in [-0.25, -0.2) is 0 Å². The van der Waals surface area contributed by atoms with E-state index in [9.17, 15) is 8.42 Å². The zero-order chi connectivity index (χ0) is 13.3. The quantitative estimate of drug-likeness (QED) is 0.809. The Bertz CT molecular complexity index is 375. The van der Waals surface area contributed by atoms with Gasteiger partial charge in [-0.05, 0) is 32.1 Å². The van der Waals surface area contributed by atoms with Crippen LogP contribution in [0.2, 0.25) is 0 Å². The van der Waals surface area contributed by atoms with Gasteiger partial charge in [0.1, 0.15) is 0 Å². The average Bonchev–Trinajstić information content (AvgIpc) is 2.28. The maximum Gasteiger partial charge on any atom is 0.282 e. The number of piperidine rings is 2. The first kappa shape index (κ1) is 14.2. The van der Waals surface area contributed by atoms with Crippen molar-refractivity contribution in [3.63, 3.8) is 0 Å². The molecule has 106 valence electrons. The number of hydrogen-bond donors (Lipinski definition) is 1. The molecular formula is C12H25N3O2S. The smallest absolute Gasteiger partial charge is 0.282 e. The van der Waals surface area contributed by atoms with Crippen molar-refractivity contribution < 1.29 is 8.42 Å². The maximum absolute atomic E-state index is 12.6. The van der Waals surface area contributed by atoms with Crippen LogP contribution in [0.15, 0.2) is 0 Å². The topological polar surface area (TPSA) is 66.6 Å². The Morgan fingerprint density at radius 1 is 1.17 bits per heavy atom. The first-order valence-corrected chi connectivity index (χ1v) is 8.33. The Kier molecular flexibility index (Phi) is 4.31. The molecule has 0 aromatic heterocycles. The number of hydrogen-bond acceptors (Lipinski definition) is 3. The van der Waals surface area contributed by atoms with Crippen LogP contribution in [0.3, 0.4) is 0 Å². The second kappa shape index (κ2) is 5.45. The Morgan fingerprint density at radius 3 is 2.50 bits per heavy atom. The van der Waals surface area contributed by atoms with Gasteiger partial charge < -0.3 is 5.73 Å². The summed E-state index contributed by atoms with van der Waals surface area (Å²) in [5.41, 5.74) is 5.95. The van der Waals surface area contributed by atoms with E-state index in [1.165, 1.54) is 0 Å². The van der Waals surface area contributed by atoms with Gasteiger partial charge in [0.2, 0.25) is 0 Å². The third kappa shape index (κ3) is 2.87. The minimum absolute atomic E-state index is 0.0244. The first-order chi connectivity index (χ1) is 8.41. The minimum atomic E-state index is -3.31. The van der Waals surface area contributed by atoms with Crippen molar-refractivity contribution in [2.75, 3.05) is 19.6 Å². The van der Waals surface area contributed by atoms with Crippen molar-refractivity contribution in [2.24, 2.45) is 11.7 Å². The third-order valence-electron chi connectivity index (χ3n) is 4.02. The largest absolute Gasteiger partial charge is 0.326 e. The van der Waals surface area contributed by atoms with Gasteiger partial charge in [-0.15, -0.1) is 0 Å². The molecule has 0 saturated carbocycles. The van der Waals surface area contributed by atoms with Crippen molar-refractivity contribution in [2.45, 2.75) is 51.6 Å². The minimum Gasteiger partial charge on any atom is -0.326 e. The molecule has 0 bridgehead atoms. The Balaban J connectivity index is 2.14. The van der Waals surface area contributed by atoms with Gasteiger partial charge in [0.15, 0.2) is 0 Å². The average molecular weight is 275 g/mol. The molecule has 2 heterocycles. The van der Waals surface area contributed by atoms with Crippen LogP contribution in [0.25, 0.3) is 0 Å². The monoisotopic (exact) mass is 275 g/mol. The summed E-state index contributed by atoms with van der Waals surface area (Å²) in [5, 5.41) is 0. The summed E-state index contributed by atoms with van der Waals surface area (Å²) >= 11 is 0. The molecule has 0 aromatic rings. The molecule has 2 aliphatic heterocycles. The van der Waals surface area contributed by atoms with E-state index in [2.05, 4.69) is 6.92 Å². The van der Waals surface area contributed by atoms with E-state index in [4.69, 9.17) is 5.73 Å². The lowest BCUT2D eigenvalue weighted by atomic mass is 9.99. The van der Waals surface area contributed by atoms with Gasteiger partial charge in [-0.1, -0.05) is 13.3 Å². The summed E-state index contributed by atoms with van der Waals surface area (Å²) < 4.78 is 28.5. The molecule has 2 N–H and O–H groups in total. The highest BCUT2D eigenvalue weighted by atomic mass is 32.2. The standard InChI is InChI=1S/C12H25N3O2S/c1-10-7-12(13)9-14(8-10)18(16,17)15-6-4-3-5-11(15)2/h10-12H,3-9,13H2,1-2H3. The lowest BCUT2D eigenvalue weighted by molar-refractivity contribution is 0.208. The molecule has 0 spiro atoms. The van der Waals surface area contributed by atoms with Crippen LogP contribution < -0.4 is 5.73 Å². The van der Waals surface area contributed by atoms with Crippen molar-refractivity contribution >= 4 is 10.2 Å². The maximum atomic E-state index is 12.6. The Morgan fingerprint density at radius 2 is 1.89 bits per heavy atom. The lowest BCUT2D eigenvalue weighted by Gasteiger charge is -2.40. The molecule has 3 atom stereocenters. The molecule has 0 aliphatic carbocycles. The third-order valence-corrected chi connectivity index (χ3v) is 6.11. The predicted molar refractivity (Wildman–Crippen MR) is 72.3 cm³/mol.